The van der Waals surface area contributed by atoms with Gasteiger partial charge in [-0.25, -0.2) is 4.79 Å². The lowest BCUT2D eigenvalue weighted by Crippen LogP contribution is -2.40. The van der Waals surface area contributed by atoms with Crippen LogP contribution in [0, 0.1) is 0 Å². The zero-order valence-electron chi connectivity index (χ0n) is 62.9. The van der Waals surface area contributed by atoms with Crippen molar-refractivity contribution in [2.45, 2.75) is 405 Å². The van der Waals surface area contributed by atoms with Crippen molar-refractivity contribution in [3.8, 4) is 0 Å². The van der Waals surface area contributed by atoms with Crippen molar-refractivity contribution >= 4 is 17.9 Å². The SMILES string of the molecule is CC/C=C\C/C=C\C/C=C\C/C=C\C/C=C\C/C=C\CCCCCCCCCCCCCCCCCCCCCCCCC(=O)OC(COC(=O)CCCCCCCCCCCCCCCCCCCCCCCCCCCCCC)COC(OCC[N+](C)(C)C)C(=O)O. The molecule has 9 nitrogen and oxygen atoms in total. The van der Waals surface area contributed by atoms with Gasteiger partial charge in [0.2, 0.25) is 0 Å². The second kappa shape index (κ2) is 75.5. The molecule has 548 valence electrons. The van der Waals surface area contributed by atoms with Crippen LogP contribution in [-0.4, -0.2) is 87.4 Å². The molecule has 0 rings (SSSR count). The number of carbonyl (C=O) groups is 3. The van der Waals surface area contributed by atoms with Gasteiger partial charge in [0.25, 0.3) is 6.29 Å². The van der Waals surface area contributed by atoms with E-state index in [-0.39, 0.29) is 38.2 Å². The predicted molar refractivity (Wildman–Crippen MR) is 406 cm³/mol. The van der Waals surface area contributed by atoms with Crippen LogP contribution in [0.25, 0.3) is 0 Å². The summed E-state index contributed by atoms with van der Waals surface area (Å²) in [6.45, 7) is 4.84. The standard InChI is InChI=1S/C85H155NO8/c1-6-8-10-12-14-16-18-20-22-24-26-28-30-32-34-36-37-38-39-40-41-42-43-44-45-46-47-48-50-52-54-56-58-60-62-64-66-68-70-72-74-76-83(88)94-81(80-93-85(84(89)90)91-78-77-86(3,4)5)79-92-82(87)75-73-71-69-67-65-63-61-59-57-55-53-51-49-35-33-31-29-27-25-23-21-19-17-15-13-11-9-7-2/h8,10,14,16,20,22,26,28,32,34,37-38,81,85H,6-7,9,11-13,15,17-19,21,23-25,27,29-31,33,35-36,39-80H2,1-5H3/p+1/b10-8-,16-14-,22-20-,28-26-,34-32-,38-37-. The number of carboxylic acid groups (broad SMARTS) is 1. The van der Waals surface area contributed by atoms with Gasteiger partial charge in [-0.2, -0.15) is 0 Å². The molecule has 0 aliphatic heterocycles. The van der Waals surface area contributed by atoms with Crippen molar-refractivity contribution in [1.82, 2.24) is 0 Å². The maximum atomic E-state index is 13.0. The molecule has 0 aliphatic rings. The lowest BCUT2D eigenvalue weighted by atomic mass is 10.0. The summed E-state index contributed by atoms with van der Waals surface area (Å²) >= 11 is 0. The number of nitrogens with zero attached hydrogens (tertiary/aromatic N) is 1. The molecule has 0 aromatic rings. The van der Waals surface area contributed by atoms with Crippen LogP contribution in [0.5, 0.6) is 0 Å². The minimum atomic E-state index is -1.51. The van der Waals surface area contributed by atoms with Crippen molar-refractivity contribution in [1.29, 1.82) is 0 Å². The first kappa shape index (κ1) is 90.7. The molecule has 94 heavy (non-hydrogen) atoms. The lowest BCUT2D eigenvalue weighted by Gasteiger charge is -2.25. The van der Waals surface area contributed by atoms with Gasteiger partial charge < -0.3 is 28.5 Å². The van der Waals surface area contributed by atoms with Gasteiger partial charge in [0.15, 0.2) is 6.10 Å². The van der Waals surface area contributed by atoms with E-state index in [4.69, 9.17) is 18.9 Å². The van der Waals surface area contributed by atoms with Crippen LogP contribution in [0.2, 0.25) is 0 Å². The fourth-order valence-corrected chi connectivity index (χ4v) is 12.1. The van der Waals surface area contributed by atoms with Crippen LogP contribution in [0.15, 0.2) is 72.9 Å². The van der Waals surface area contributed by atoms with E-state index in [1.807, 2.05) is 21.1 Å². The Labute approximate surface area is 583 Å². The van der Waals surface area contributed by atoms with Crippen molar-refractivity contribution in [2.24, 2.45) is 0 Å². The summed E-state index contributed by atoms with van der Waals surface area (Å²) in [5, 5.41) is 9.77. The van der Waals surface area contributed by atoms with Gasteiger partial charge in [-0.1, -0.05) is 389 Å². The summed E-state index contributed by atoms with van der Waals surface area (Å²) in [6.07, 6.45) is 99.2. The van der Waals surface area contributed by atoms with Gasteiger partial charge in [-0.05, 0) is 64.2 Å². The highest BCUT2D eigenvalue weighted by atomic mass is 16.7. The Kier molecular flexibility index (Phi) is 72.9. The van der Waals surface area contributed by atoms with Crippen LogP contribution in [0.1, 0.15) is 393 Å². The summed E-state index contributed by atoms with van der Waals surface area (Å²) in [7, 11) is 6.00. The number of esters is 2. The molecule has 0 bridgehead atoms. The Balaban J connectivity index is 3.96. The first-order valence-corrected chi connectivity index (χ1v) is 40.6. The number of ether oxygens (including phenoxy) is 4. The molecule has 0 aliphatic carbocycles. The van der Waals surface area contributed by atoms with E-state index in [0.717, 1.165) is 77.0 Å². The predicted octanol–water partition coefficient (Wildman–Crippen LogP) is 26.0. The van der Waals surface area contributed by atoms with Crippen LogP contribution >= 0.6 is 0 Å². The first-order valence-electron chi connectivity index (χ1n) is 40.6. The zero-order chi connectivity index (χ0) is 68.2. The molecular formula is C85H156NO8+. The van der Waals surface area contributed by atoms with E-state index >= 15 is 0 Å². The topological polar surface area (TPSA) is 108 Å². The molecule has 9 heteroatoms. The quantitative estimate of drug-likeness (QED) is 0.0211. The monoisotopic (exact) mass is 1320 g/mol. The molecule has 0 radical (unpaired) electrons. The van der Waals surface area contributed by atoms with E-state index in [0.29, 0.717) is 17.4 Å². The molecule has 2 atom stereocenters. The van der Waals surface area contributed by atoms with Gasteiger partial charge in [-0.3, -0.25) is 9.59 Å². The van der Waals surface area contributed by atoms with Gasteiger partial charge >= 0.3 is 17.9 Å². The third kappa shape index (κ3) is 76.1. The number of hydrogen-bond acceptors (Lipinski definition) is 7. The number of hydrogen-bond donors (Lipinski definition) is 1. The Morgan fingerprint density at radius 3 is 0.904 bits per heavy atom. The van der Waals surface area contributed by atoms with E-state index in [1.54, 1.807) is 0 Å². The highest BCUT2D eigenvalue weighted by Crippen LogP contribution is 2.20. The molecule has 0 heterocycles. The van der Waals surface area contributed by atoms with Crippen molar-refractivity contribution in [2.75, 3.05) is 47.5 Å². The highest BCUT2D eigenvalue weighted by molar-refractivity contribution is 5.71. The Bertz CT molecular complexity index is 1780. The molecule has 0 aromatic heterocycles. The maximum Gasteiger partial charge on any atom is 0.361 e. The molecular weight excluding hydrogens is 1160 g/mol. The van der Waals surface area contributed by atoms with Gasteiger partial charge in [0.1, 0.15) is 13.2 Å². The molecule has 0 saturated heterocycles. The maximum absolute atomic E-state index is 13.0. The van der Waals surface area contributed by atoms with Crippen LogP contribution in [-0.2, 0) is 33.3 Å². The number of aliphatic carboxylic acids is 1. The molecule has 0 fully saturated rings. The number of unbranched alkanes of at least 4 members (excludes halogenated alkanes) is 49. The number of quaternary nitrogens is 1. The summed E-state index contributed by atoms with van der Waals surface area (Å²) < 4.78 is 23.1. The number of carboxylic acids is 1. The molecule has 0 saturated carbocycles. The van der Waals surface area contributed by atoms with Crippen molar-refractivity contribution in [3.05, 3.63) is 72.9 Å². The van der Waals surface area contributed by atoms with E-state index in [2.05, 4.69) is 86.8 Å². The van der Waals surface area contributed by atoms with E-state index in [1.165, 1.54) is 289 Å². The van der Waals surface area contributed by atoms with Gasteiger partial charge in [0.05, 0.1) is 34.4 Å². The van der Waals surface area contributed by atoms with E-state index < -0.39 is 18.4 Å². The summed E-state index contributed by atoms with van der Waals surface area (Å²) in [5.74, 6) is -1.97. The molecule has 0 spiro atoms. The lowest BCUT2D eigenvalue weighted by molar-refractivity contribution is -0.870. The largest absolute Gasteiger partial charge is 0.477 e. The van der Waals surface area contributed by atoms with Crippen molar-refractivity contribution in [3.63, 3.8) is 0 Å². The Morgan fingerprint density at radius 2 is 0.606 bits per heavy atom. The summed E-state index contributed by atoms with van der Waals surface area (Å²) in [4.78, 5) is 37.7. The fraction of sp³-hybridized carbons (Fsp3) is 0.824. The number of rotatable bonds is 76. The zero-order valence-corrected chi connectivity index (χ0v) is 62.9. The molecule has 2 unspecified atom stereocenters. The van der Waals surface area contributed by atoms with Crippen LogP contribution < -0.4 is 0 Å². The second-order valence-corrected chi connectivity index (χ2v) is 28.7. The smallest absolute Gasteiger partial charge is 0.361 e. The number of likely N-dealkylation sites (N-methyl/N-ethyl adjacent to an activating group) is 1. The fourth-order valence-electron chi connectivity index (χ4n) is 12.1. The summed E-state index contributed by atoms with van der Waals surface area (Å²) in [5.41, 5.74) is 0. The average molecular weight is 1320 g/mol. The number of carbonyl (C=O) groups excluding carboxylic acids is 2. The highest BCUT2D eigenvalue weighted by Gasteiger charge is 2.25. The van der Waals surface area contributed by atoms with Gasteiger partial charge in [0, 0.05) is 12.8 Å². The van der Waals surface area contributed by atoms with Crippen molar-refractivity contribution < 1.29 is 42.9 Å². The first-order chi connectivity index (χ1) is 46.1. The third-order valence-electron chi connectivity index (χ3n) is 18.2. The molecule has 1 N–H and O–H groups in total. The molecule has 0 amide bonds. The van der Waals surface area contributed by atoms with Gasteiger partial charge in [-0.15, -0.1) is 0 Å². The minimum absolute atomic E-state index is 0.176. The van der Waals surface area contributed by atoms with E-state index in [9.17, 15) is 19.5 Å². The molecule has 0 aromatic carbocycles. The summed E-state index contributed by atoms with van der Waals surface area (Å²) in [6, 6.07) is 0. The second-order valence-electron chi connectivity index (χ2n) is 28.7. The average Bonchev–Trinajstić information content (AvgIpc) is 3.42. The normalized spacial score (nSPS) is 13.0. The Morgan fingerprint density at radius 1 is 0.330 bits per heavy atom. The Hall–Kier alpha value is -3.27. The number of allylic oxidation sites excluding steroid dienone is 12. The minimum Gasteiger partial charge on any atom is -0.477 e. The third-order valence-corrected chi connectivity index (χ3v) is 18.2. The van der Waals surface area contributed by atoms with Crippen LogP contribution in [0.3, 0.4) is 0 Å². The van der Waals surface area contributed by atoms with Crippen LogP contribution in [0.4, 0.5) is 0 Å².